The smallest absolute Gasteiger partial charge is 0.230 e. The van der Waals surface area contributed by atoms with Crippen LogP contribution in [0.2, 0.25) is 5.28 Å². The van der Waals surface area contributed by atoms with Gasteiger partial charge < -0.3 is 14.7 Å². The molecule has 8 heteroatoms. The van der Waals surface area contributed by atoms with Gasteiger partial charge in [-0.15, -0.1) is 0 Å². The number of hydrogen-bond acceptors (Lipinski definition) is 7. The van der Waals surface area contributed by atoms with Gasteiger partial charge in [-0.3, -0.25) is 0 Å². The molecule has 100 valence electrons. The summed E-state index contributed by atoms with van der Waals surface area (Å²) in [4.78, 5) is 14.6. The van der Waals surface area contributed by atoms with Gasteiger partial charge in [0.05, 0.1) is 13.2 Å². The number of aliphatic hydroxyl groups is 1. The molecule has 2 rings (SSSR count). The van der Waals surface area contributed by atoms with E-state index in [4.69, 9.17) is 21.4 Å². The highest BCUT2D eigenvalue weighted by atomic mass is 35.5. The second-order valence-corrected chi connectivity index (χ2v) is 5.11. The lowest BCUT2D eigenvalue weighted by Gasteiger charge is -2.26. The number of aliphatic hydroxyl groups excluding tert-OH is 1. The van der Waals surface area contributed by atoms with E-state index in [0.717, 1.165) is 18.8 Å². The Morgan fingerprint density at radius 1 is 1.28 bits per heavy atom. The summed E-state index contributed by atoms with van der Waals surface area (Å²) in [5.41, 5.74) is 0. The van der Waals surface area contributed by atoms with Crippen LogP contribution in [0.15, 0.2) is 5.16 Å². The standard InChI is InChI=1S/C10H15ClN4O2S/c11-8-12-9(15-2-5-17-6-3-15)14-10(13-8)18-7-1-4-16/h16H,1-7H2. The summed E-state index contributed by atoms with van der Waals surface area (Å²) in [6, 6.07) is 0. The van der Waals surface area contributed by atoms with Gasteiger partial charge in [-0.25, -0.2) is 0 Å². The SMILES string of the molecule is OCCCSc1nc(Cl)nc(N2CCOCC2)n1. The van der Waals surface area contributed by atoms with Crippen molar-refractivity contribution in [2.45, 2.75) is 11.6 Å². The van der Waals surface area contributed by atoms with Gasteiger partial charge in [-0.05, 0) is 18.0 Å². The van der Waals surface area contributed by atoms with Gasteiger partial charge in [0.25, 0.3) is 0 Å². The molecule has 1 aliphatic rings. The summed E-state index contributed by atoms with van der Waals surface area (Å²) in [6.07, 6.45) is 0.709. The summed E-state index contributed by atoms with van der Waals surface area (Å²) < 4.78 is 5.28. The number of hydrogen-bond donors (Lipinski definition) is 1. The third-order valence-electron chi connectivity index (χ3n) is 2.40. The van der Waals surface area contributed by atoms with Gasteiger partial charge in [-0.2, -0.15) is 15.0 Å². The van der Waals surface area contributed by atoms with Crippen LogP contribution in [0.4, 0.5) is 5.95 Å². The van der Waals surface area contributed by atoms with E-state index in [1.807, 2.05) is 4.90 Å². The fourth-order valence-electron chi connectivity index (χ4n) is 1.52. The zero-order valence-corrected chi connectivity index (χ0v) is 11.5. The maximum Gasteiger partial charge on any atom is 0.230 e. The molecule has 1 aromatic heterocycles. The maximum absolute atomic E-state index is 8.74. The van der Waals surface area contributed by atoms with Gasteiger partial charge in [0.15, 0.2) is 5.16 Å². The van der Waals surface area contributed by atoms with Crippen molar-refractivity contribution in [1.29, 1.82) is 0 Å². The van der Waals surface area contributed by atoms with Crippen molar-refractivity contribution in [2.75, 3.05) is 43.6 Å². The van der Waals surface area contributed by atoms with Gasteiger partial charge in [0.1, 0.15) is 0 Å². The number of thioether (sulfide) groups is 1. The molecule has 0 atom stereocenters. The molecule has 1 saturated heterocycles. The molecule has 6 nitrogen and oxygen atoms in total. The fraction of sp³-hybridized carbons (Fsp3) is 0.700. The van der Waals surface area contributed by atoms with Crippen LogP contribution in [0.5, 0.6) is 0 Å². The highest BCUT2D eigenvalue weighted by molar-refractivity contribution is 7.99. The number of nitrogens with zero attached hydrogens (tertiary/aromatic N) is 4. The van der Waals surface area contributed by atoms with Crippen molar-refractivity contribution in [3.63, 3.8) is 0 Å². The Kier molecular flexibility index (Phi) is 5.43. The van der Waals surface area contributed by atoms with E-state index in [1.54, 1.807) is 0 Å². The maximum atomic E-state index is 8.74. The van der Waals surface area contributed by atoms with Crippen LogP contribution in [-0.2, 0) is 4.74 Å². The number of rotatable bonds is 5. The van der Waals surface area contributed by atoms with Crippen LogP contribution in [0.3, 0.4) is 0 Å². The van der Waals surface area contributed by atoms with E-state index in [2.05, 4.69) is 15.0 Å². The monoisotopic (exact) mass is 290 g/mol. The first-order chi connectivity index (χ1) is 8.79. The Morgan fingerprint density at radius 3 is 2.78 bits per heavy atom. The van der Waals surface area contributed by atoms with Gasteiger partial charge >= 0.3 is 0 Å². The molecule has 1 fully saturated rings. The zero-order valence-electron chi connectivity index (χ0n) is 9.88. The normalized spacial score (nSPS) is 16.0. The van der Waals surface area contributed by atoms with E-state index in [1.165, 1.54) is 11.8 Å². The lowest BCUT2D eigenvalue weighted by atomic mass is 10.4. The van der Waals surface area contributed by atoms with Crippen molar-refractivity contribution in [1.82, 2.24) is 15.0 Å². The summed E-state index contributed by atoms with van der Waals surface area (Å²) in [5.74, 6) is 1.36. The fourth-order valence-corrected chi connectivity index (χ4v) is 2.48. The number of halogens is 1. The summed E-state index contributed by atoms with van der Waals surface area (Å²) in [5, 5.41) is 9.55. The first-order valence-electron chi connectivity index (χ1n) is 5.77. The second kappa shape index (κ2) is 7.08. The molecule has 0 aliphatic carbocycles. The molecular formula is C10H15ClN4O2S. The number of anilines is 1. The lowest BCUT2D eigenvalue weighted by molar-refractivity contribution is 0.122. The minimum Gasteiger partial charge on any atom is -0.396 e. The molecule has 0 unspecified atom stereocenters. The first kappa shape index (κ1) is 13.8. The Labute approximate surface area is 115 Å². The van der Waals surface area contributed by atoms with Crippen molar-refractivity contribution >= 4 is 29.3 Å². The number of morpholine rings is 1. The quantitative estimate of drug-likeness (QED) is 0.636. The summed E-state index contributed by atoms with van der Waals surface area (Å²) in [7, 11) is 0. The predicted octanol–water partition coefficient (Wildman–Crippen LogP) is 0.836. The average molecular weight is 291 g/mol. The molecule has 1 N–H and O–H groups in total. The molecule has 2 heterocycles. The van der Waals surface area contributed by atoms with E-state index >= 15 is 0 Å². The molecular weight excluding hydrogens is 276 g/mol. The Hall–Kier alpha value is -0.630. The number of aromatic nitrogens is 3. The van der Waals surface area contributed by atoms with E-state index < -0.39 is 0 Å². The molecule has 0 radical (unpaired) electrons. The molecule has 0 amide bonds. The highest BCUT2D eigenvalue weighted by Crippen LogP contribution is 2.19. The number of ether oxygens (including phenoxy) is 1. The van der Waals surface area contributed by atoms with Gasteiger partial charge in [0, 0.05) is 25.4 Å². The third-order valence-corrected chi connectivity index (χ3v) is 3.51. The Morgan fingerprint density at radius 2 is 2.06 bits per heavy atom. The Bertz CT molecular complexity index is 390. The molecule has 0 spiro atoms. The summed E-state index contributed by atoms with van der Waals surface area (Å²) in [6.45, 7) is 3.05. The van der Waals surface area contributed by atoms with Crippen LogP contribution in [0.1, 0.15) is 6.42 Å². The zero-order chi connectivity index (χ0) is 12.8. The molecule has 1 aliphatic heterocycles. The highest BCUT2D eigenvalue weighted by Gasteiger charge is 2.16. The molecule has 0 aromatic carbocycles. The van der Waals surface area contributed by atoms with E-state index in [-0.39, 0.29) is 11.9 Å². The first-order valence-corrected chi connectivity index (χ1v) is 7.14. The molecule has 0 saturated carbocycles. The molecule has 0 bridgehead atoms. The van der Waals surface area contributed by atoms with Crippen LogP contribution >= 0.6 is 23.4 Å². The van der Waals surface area contributed by atoms with Crippen LogP contribution in [0.25, 0.3) is 0 Å². The predicted molar refractivity (Wildman–Crippen MR) is 70.3 cm³/mol. The van der Waals surface area contributed by atoms with Crippen molar-refractivity contribution in [3.05, 3.63) is 5.28 Å². The minimum absolute atomic E-state index is 0.169. The minimum atomic E-state index is 0.169. The van der Waals surface area contributed by atoms with Crippen molar-refractivity contribution < 1.29 is 9.84 Å². The second-order valence-electron chi connectivity index (χ2n) is 3.71. The molecule has 1 aromatic rings. The lowest BCUT2D eigenvalue weighted by Crippen LogP contribution is -2.37. The summed E-state index contributed by atoms with van der Waals surface area (Å²) >= 11 is 7.37. The van der Waals surface area contributed by atoms with Crippen molar-refractivity contribution in [3.8, 4) is 0 Å². The topological polar surface area (TPSA) is 71.4 Å². The van der Waals surface area contributed by atoms with E-state index in [9.17, 15) is 0 Å². The third kappa shape index (κ3) is 3.94. The van der Waals surface area contributed by atoms with Gasteiger partial charge in [-0.1, -0.05) is 11.8 Å². The average Bonchev–Trinajstić information content (AvgIpc) is 2.39. The Balaban J connectivity index is 2.05. The van der Waals surface area contributed by atoms with Crippen LogP contribution in [-0.4, -0.2) is 58.7 Å². The molecule has 18 heavy (non-hydrogen) atoms. The van der Waals surface area contributed by atoms with Crippen molar-refractivity contribution in [2.24, 2.45) is 0 Å². The van der Waals surface area contributed by atoms with Gasteiger partial charge in [0.2, 0.25) is 11.2 Å². The van der Waals surface area contributed by atoms with Crippen LogP contribution < -0.4 is 4.90 Å². The van der Waals surface area contributed by atoms with Crippen LogP contribution in [0, 0.1) is 0 Å². The largest absolute Gasteiger partial charge is 0.396 e. The van der Waals surface area contributed by atoms with E-state index in [0.29, 0.717) is 30.7 Å².